The number of methoxy groups -OCH3 is 1. The molecule has 0 aromatic heterocycles. The first-order valence-electron chi connectivity index (χ1n) is 8.62. The largest absolute Gasteiger partial charge is 0.497 e. The molecule has 1 aliphatic rings. The van der Waals surface area contributed by atoms with Crippen molar-refractivity contribution in [3.05, 3.63) is 23.8 Å². The summed E-state index contributed by atoms with van der Waals surface area (Å²) in [6, 6.07) is 4.97. The van der Waals surface area contributed by atoms with E-state index >= 15 is 0 Å². The van der Waals surface area contributed by atoms with Crippen molar-refractivity contribution in [2.24, 2.45) is 0 Å². The first-order chi connectivity index (χ1) is 11.8. The first kappa shape index (κ1) is 19.1. The standard InChI is InChI=1S/C19H27NO5/c1-19(2,3)25-18(22)20-15-7-5-6-8-17(15)24-16-10-9-14(23-4)11-13(16)12-21/h9-12,15,17H,5-8H2,1-4H3,(H,20,22)/t15-,17+/m1/s1. The fourth-order valence-corrected chi connectivity index (χ4v) is 2.88. The lowest BCUT2D eigenvalue weighted by atomic mass is 9.92. The number of hydrogen-bond donors (Lipinski definition) is 1. The second-order valence-corrected chi connectivity index (χ2v) is 7.22. The summed E-state index contributed by atoms with van der Waals surface area (Å²) in [7, 11) is 1.55. The third kappa shape index (κ3) is 5.66. The SMILES string of the molecule is COc1ccc(O[C@H]2CCCC[C@H]2NC(=O)OC(C)(C)C)c(C=O)c1. The Morgan fingerprint density at radius 2 is 1.96 bits per heavy atom. The number of alkyl carbamates (subject to hydrolysis) is 1. The van der Waals surface area contributed by atoms with Crippen LogP contribution < -0.4 is 14.8 Å². The summed E-state index contributed by atoms with van der Waals surface area (Å²) in [6.07, 6.45) is 3.76. The van der Waals surface area contributed by atoms with E-state index in [1.165, 1.54) is 0 Å². The summed E-state index contributed by atoms with van der Waals surface area (Å²) in [6.45, 7) is 5.49. The van der Waals surface area contributed by atoms with Crippen LogP contribution in [0, 0.1) is 0 Å². The van der Waals surface area contributed by atoms with E-state index in [0.29, 0.717) is 17.1 Å². The lowest BCUT2D eigenvalue weighted by Gasteiger charge is -2.33. The number of ether oxygens (including phenoxy) is 3. The molecule has 1 N–H and O–H groups in total. The van der Waals surface area contributed by atoms with Crippen LogP contribution in [0.15, 0.2) is 18.2 Å². The quantitative estimate of drug-likeness (QED) is 0.820. The summed E-state index contributed by atoms with van der Waals surface area (Å²) in [4.78, 5) is 23.4. The minimum atomic E-state index is -0.546. The Balaban J connectivity index is 2.08. The molecule has 6 nitrogen and oxygen atoms in total. The number of aldehydes is 1. The molecule has 0 unspecified atom stereocenters. The minimum Gasteiger partial charge on any atom is -0.497 e. The van der Waals surface area contributed by atoms with Crippen LogP contribution in [0.4, 0.5) is 4.79 Å². The van der Waals surface area contributed by atoms with E-state index in [-0.39, 0.29) is 12.1 Å². The summed E-state index contributed by atoms with van der Waals surface area (Å²) in [5.41, 5.74) is -0.114. The van der Waals surface area contributed by atoms with E-state index in [1.807, 2.05) is 20.8 Å². The molecule has 1 amide bonds. The second kappa shape index (κ2) is 8.23. The van der Waals surface area contributed by atoms with Gasteiger partial charge in [0, 0.05) is 0 Å². The predicted molar refractivity (Wildman–Crippen MR) is 94.4 cm³/mol. The molecule has 0 spiro atoms. The summed E-state index contributed by atoms with van der Waals surface area (Å²) in [5.74, 6) is 1.10. The van der Waals surface area contributed by atoms with Crippen molar-refractivity contribution in [1.29, 1.82) is 0 Å². The van der Waals surface area contributed by atoms with Gasteiger partial charge in [0.15, 0.2) is 6.29 Å². The highest BCUT2D eigenvalue weighted by molar-refractivity contribution is 5.80. The maximum absolute atomic E-state index is 12.1. The van der Waals surface area contributed by atoms with Gasteiger partial charge in [0.25, 0.3) is 0 Å². The smallest absolute Gasteiger partial charge is 0.408 e. The Hall–Kier alpha value is -2.24. The van der Waals surface area contributed by atoms with Gasteiger partial charge in [-0.1, -0.05) is 6.42 Å². The molecular formula is C19H27NO5. The lowest BCUT2D eigenvalue weighted by Crippen LogP contribution is -2.49. The van der Waals surface area contributed by atoms with Gasteiger partial charge < -0.3 is 19.5 Å². The number of nitrogens with one attached hydrogen (secondary N) is 1. The molecule has 1 aromatic rings. The van der Waals surface area contributed by atoms with Gasteiger partial charge in [0.2, 0.25) is 0 Å². The zero-order valence-corrected chi connectivity index (χ0v) is 15.3. The molecule has 1 saturated carbocycles. The Morgan fingerprint density at radius 3 is 2.60 bits per heavy atom. The van der Waals surface area contributed by atoms with E-state index in [0.717, 1.165) is 32.0 Å². The van der Waals surface area contributed by atoms with Gasteiger partial charge in [-0.3, -0.25) is 4.79 Å². The molecule has 138 valence electrons. The maximum atomic E-state index is 12.1. The fraction of sp³-hybridized carbons (Fsp3) is 0.579. The molecular weight excluding hydrogens is 322 g/mol. The summed E-state index contributed by atoms with van der Waals surface area (Å²) < 4.78 is 16.5. The summed E-state index contributed by atoms with van der Waals surface area (Å²) >= 11 is 0. The van der Waals surface area contributed by atoms with Crippen LogP contribution in [0.1, 0.15) is 56.8 Å². The number of amides is 1. The van der Waals surface area contributed by atoms with Crippen LogP contribution in [-0.4, -0.2) is 37.2 Å². The monoisotopic (exact) mass is 349 g/mol. The number of rotatable bonds is 5. The van der Waals surface area contributed by atoms with Crippen LogP contribution >= 0.6 is 0 Å². The van der Waals surface area contributed by atoms with E-state index < -0.39 is 11.7 Å². The third-order valence-corrected chi connectivity index (χ3v) is 4.03. The van der Waals surface area contributed by atoms with Gasteiger partial charge in [-0.2, -0.15) is 0 Å². The second-order valence-electron chi connectivity index (χ2n) is 7.22. The Morgan fingerprint density at radius 1 is 1.24 bits per heavy atom. The van der Waals surface area contributed by atoms with Crippen molar-refractivity contribution < 1.29 is 23.8 Å². The van der Waals surface area contributed by atoms with Gasteiger partial charge in [-0.15, -0.1) is 0 Å². The Kier molecular flexibility index (Phi) is 6.28. The average Bonchev–Trinajstić information content (AvgIpc) is 2.55. The van der Waals surface area contributed by atoms with E-state index in [1.54, 1.807) is 25.3 Å². The highest BCUT2D eigenvalue weighted by Crippen LogP contribution is 2.28. The molecule has 0 bridgehead atoms. The maximum Gasteiger partial charge on any atom is 0.408 e. The van der Waals surface area contributed by atoms with Gasteiger partial charge in [0.1, 0.15) is 23.2 Å². The number of carbonyl (C=O) groups excluding carboxylic acids is 2. The highest BCUT2D eigenvalue weighted by atomic mass is 16.6. The van der Waals surface area contributed by atoms with Gasteiger partial charge in [-0.25, -0.2) is 4.79 Å². The molecule has 0 saturated heterocycles. The van der Waals surface area contributed by atoms with Crippen molar-refractivity contribution >= 4 is 12.4 Å². The molecule has 1 aromatic carbocycles. The fourth-order valence-electron chi connectivity index (χ4n) is 2.88. The van der Waals surface area contributed by atoms with Gasteiger partial charge in [-0.05, 0) is 58.2 Å². The molecule has 2 atom stereocenters. The molecule has 1 fully saturated rings. The zero-order chi connectivity index (χ0) is 18.4. The van der Waals surface area contributed by atoms with Gasteiger partial charge >= 0.3 is 6.09 Å². The molecule has 0 heterocycles. The van der Waals surface area contributed by atoms with Crippen molar-refractivity contribution in [2.45, 2.75) is 64.2 Å². The van der Waals surface area contributed by atoms with Crippen LogP contribution in [0.25, 0.3) is 0 Å². The van der Waals surface area contributed by atoms with Gasteiger partial charge in [0.05, 0.1) is 18.7 Å². The van der Waals surface area contributed by atoms with E-state index in [9.17, 15) is 9.59 Å². The third-order valence-electron chi connectivity index (χ3n) is 4.03. The Bertz CT molecular complexity index is 608. The van der Waals surface area contributed by atoms with Crippen molar-refractivity contribution in [2.75, 3.05) is 7.11 Å². The van der Waals surface area contributed by atoms with Crippen molar-refractivity contribution in [3.8, 4) is 11.5 Å². The molecule has 1 aliphatic carbocycles. The zero-order valence-electron chi connectivity index (χ0n) is 15.3. The minimum absolute atomic E-state index is 0.148. The predicted octanol–water partition coefficient (Wildman–Crippen LogP) is 3.72. The molecule has 0 aliphatic heterocycles. The highest BCUT2D eigenvalue weighted by Gasteiger charge is 2.30. The molecule has 6 heteroatoms. The van der Waals surface area contributed by atoms with E-state index in [2.05, 4.69) is 5.32 Å². The topological polar surface area (TPSA) is 73.9 Å². The van der Waals surface area contributed by atoms with Crippen LogP contribution in [0.2, 0.25) is 0 Å². The van der Waals surface area contributed by atoms with Crippen LogP contribution in [0.5, 0.6) is 11.5 Å². The Labute approximate surface area is 148 Å². The number of carbonyl (C=O) groups is 2. The van der Waals surface area contributed by atoms with Crippen molar-refractivity contribution in [3.63, 3.8) is 0 Å². The average molecular weight is 349 g/mol. The number of hydrogen-bond acceptors (Lipinski definition) is 5. The van der Waals surface area contributed by atoms with E-state index in [4.69, 9.17) is 14.2 Å². The molecule has 25 heavy (non-hydrogen) atoms. The number of benzene rings is 1. The van der Waals surface area contributed by atoms with Crippen LogP contribution in [-0.2, 0) is 4.74 Å². The molecule has 0 radical (unpaired) electrons. The summed E-state index contributed by atoms with van der Waals surface area (Å²) in [5, 5.41) is 2.91. The first-order valence-corrected chi connectivity index (χ1v) is 8.62. The lowest BCUT2D eigenvalue weighted by molar-refractivity contribution is 0.0400. The van der Waals surface area contributed by atoms with Crippen LogP contribution in [0.3, 0.4) is 0 Å². The molecule has 2 rings (SSSR count). The normalized spacial score (nSPS) is 20.5. The van der Waals surface area contributed by atoms with Crippen molar-refractivity contribution in [1.82, 2.24) is 5.32 Å².